The molecule has 0 aliphatic rings. The van der Waals surface area contributed by atoms with Gasteiger partial charge in [0.05, 0.1) is 10.9 Å². The van der Waals surface area contributed by atoms with Crippen molar-refractivity contribution in [1.82, 2.24) is 10.3 Å². The molecule has 0 aliphatic carbocycles. The molecule has 0 spiro atoms. The van der Waals surface area contributed by atoms with Crippen molar-refractivity contribution < 1.29 is 4.79 Å². The molecule has 1 heterocycles. The molecule has 15 heavy (non-hydrogen) atoms. The average Bonchev–Trinajstić information content (AvgIpc) is 2.29. The number of carbonyl (C=O) groups excluding carboxylic acids is 1. The van der Waals surface area contributed by atoms with Crippen LogP contribution in [0.5, 0.6) is 0 Å². The zero-order valence-corrected chi connectivity index (χ0v) is 10.5. The molecule has 1 aromatic heterocycles. The molecular weight excluding hydrogens is 256 g/mol. The van der Waals surface area contributed by atoms with E-state index in [1.807, 2.05) is 26.0 Å². The summed E-state index contributed by atoms with van der Waals surface area (Å²) < 4.78 is 0. The smallest absolute Gasteiger partial charge is 0.234 e. The van der Waals surface area contributed by atoms with Crippen LogP contribution in [0.15, 0.2) is 24.5 Å². The van der Waals surface area contributed by atoms with Gasteiger partial charge >= 0.3 is 0 Å². The lowest BCUT2D eigenvalue weighted by Crippen LogP contribution is -2.32. The number of amides is 1. The van der Waals surface area contributed by atoms with Crippen LogP contribution in [0.25, 0.3) is 0 Å². The topological polar surface area (TPSA) is 42.0 Å². The summed E-state index contributed by atoms with van der Waals surface area (Å²) >= 11 is 3.32. The number of halogens is 1. The highest BCUT2D eigenvalue weighted by Crippen LogP contribution is 2.12. The lowest BCUT2D eigenvalue weighted by Gasteiger charge is -2.16. The summed E-state index contributed by atoms with van der Waals surface area (Å²) in [5.74, 6) is 0.0295. The van der Waals surface area contributed by atoms with Crippen LogP contribution in [-0.4, -0.2) is 15.7 Å². The van der Waals surface area contributed by atoms with Gasteiger partial charge in [-0.05, 0) is 31.0 Å². The lowest BCUT2D eigenvalue weighted by atomic mass is 10.1. The van der Waals surface area contributed by atoms with E-state index in [9.17, 15) is 4.79 Å². The molecule has 0 bridgehead atoms. The molecule has 0 saturated heterocycles. The van der Waals surface area contributed by atoms with Crippen molar-refractivity contribution in [2.45, 2.75) is 31.1 Å². The predicted octanol–water partition coefficient (Wildman–Crippen LogP) is 2.43. The van der Waals surface area contributed by atoms with Crippen LogP contribution >= 0.6 is 15.9 Å². The van der Waals surface area contributed by atoms with Gasteiger partial charge in [-0.25, -0.2) is 0 Å². The van der Waals surface area contributed by atoms with Crippen molar-refractivity contribution in [3.8, 4) is 0 Å². The molecule has 0 radical (unpaired) electrons. The first-order valence-corrected chi connectivity index (χ1v) is 5.91. The van der Waals surface area contributed by atoms with E-state index in [4.69, 9.17) is 0 Å². The Bertz CT molecular complexity index is 316. The Morgan fingerprint density at radius 2 is 2.13 bits per heavy atom. The Morgan fingerprint density at radius 3 is 2.67 bits per heavy atom. The zero-order valence-electron chi connectivity index (χ0n) is 8.90. The molecule has 82 valence electrons. The van der Waals surface area contributed by atoms with Gasteiger partial charge in [0.1, 0.15) is 0 Å². The standard InChI is InChI=1S/C11H15BrN2O/c1-3-10(12)11(15)14-8(2)9-4-6-13-7-5-9/h4-8,10H,3H2,1-2H3,(H,14,15). The highest BCUT2D eigenvalue weighted by Gasteiger charge is 2.15. The Balaban J connectivity index is 2.56. The number of alkyl halides is 1. The van der Waals surface area contributed by atoms with Crippen LogP contribution in [0.3, 0.4) is 0 Å². The fraction of sp³-hybridized carbons (Fsp3) is 0.455. The van der Waals surface area contributed by atoms with Crippen molar-refractivity contribution in [1.29, 1.82) is 0 Å². The largest absolute Gasteiger partial charge is 0.349 e. The summed E-state index contributed by atoms with van der Waals surface area (Å²) in [5.41, 5.74) is 1.06. The van der Waals surface area contributed by atoms with E-state index < -0.39 is 0 Å². The Hall–Kier alpha value is -0.900. The number of hydrogen-bond acceptors (Lipinski definition) is 2. The second-order valence-corrected chi connectivity index (χ2v) is 4.49. The van der Waals surface area contributed by atoms with Crippen molar-refractivity contribution in [3.05, 3.63) is 30.1 Å². The Kier molecular flexibility index (Phi) is 4.75. The minimum absolute atomic E-state index is 0.0205. The summed E-state index contributed by atoms with van der Waals surface area (Å²) in [7, 11) is 0. The second-order valence-electron chi connectivity index (χ2n) is 3.39. The number of aromatic nitrogens is 1. The molecular formula is C11H15BrN2O. The summed E-state index contributed by atoms with van der Waals surface area (Å²) in [4.78, 5) is 15.4. The number of nitrogens with zero attached hydrogens (tertiary/aromatic N) is 1. The zero-order chi connectivity index (χ0) is 11.3. The number of hydrogen-bond donors (Lipinski definition) is 1. The number of nitrogens with one attached hydrogen (secondary N) is 1. The summed E-state index contributed by atoms with van der Waals surface area (Å²) in [6.45, 7) is 3.93. The maximum Gasteiger partial charge on any atom is 0.234 e. The van der Waals surface area contributed by atoms with Gasteiger partial charge in [-0.3, -0.25) is 9.78 Å². The van der Waals surface area contributed by atoms with E-state index in [0.717, 1.165) is 12.0 Å². The van der Waals surface area contributed by atoms with Crippen LogP contribution in [0.4, 0.5) is 0 Å². The molecule has 2 atom stereocenters. The summed E-state index contributed by atoms with van der Waals surface area (Å²) in [5, 5.41) is 2.93. The maximum absolute atomic E-state index is 11.6. The predicted molar refractivity (Wildman–Crippen MR) is 63.8 cm³/mol. The Morgan fingerprint density at radius 1 is 1.53 bits per heavy atom. The first-order valence-electron chi connectivity index (χ1n) is 4.99. The third-order valence-corrected chi connectivity index (χ3v) is 3.27. The fourth-order valence-electron chi connectivity index (χ4n) is 1.22. The first-order chi connectivity index (χ1) is 7.15. The number of pyridine rings is 1. The van der Waals surface area contributed by atoms with Crippen molar-refractivity contribution >= 4 is 21.8 Å². The van der Waals surface area contributed by atoms with E-state index >= 15 is 0 Å². The fourth-order valence-corrected chi connectivity index (χ4v) is 1.36. The molecule has 0 aliphatic heterocycles. The molecule has 4 heteroatoms. The number of carbonyl (C=O) groups is 1. The van der Waals surface area contributed by atoms with Gasteiger partial charge in [0.15, 0.2) is 0 Å². The number of rotatable bonds is 4. The minimum atomic E-state index is -0.109. The molecule has 0 aromatic carbocycles. The molecule has 3 nitrogen and oxygen atoms in total. The van der Waals surface area contributed by atoms with Crippen molar-refractivity contribution in [2.75, 3.05) is 0 Å². The lowest BCUT2D eigenvalue weighted by molar-refractivity contribution is -0.121. The van der Waals surface area contributed by atoms with Crippen LogP contribution in [-0.2, 0) is 4.79 Å². The molecule has 1 amide bonds. The first kappa shape index (κ1) is 12.2. The Labute approximate surface area is 98.4 Å². The molecule has 0 saturated carbocycles. The van der Waals surface area contributed by atoms with Crippen LogP contribution in [0.1, 0.15) is 31.9 Å². The van der Waals surface area contributed by atoms with Crippen LogP contribution in [0, 0.1) is 0 Å². The average molecular weight is 271 g/mol. The van der Waals surface area contributed by atoms with Gasteiger partial charge in [-0.2, -0.15) is 0 Å². The normalized spacial score (nSPS) is 14.3. The van der Waals surface area contributed by atoms with Crippen LogP contribution in [0.2, 0.25) is 0 Å². The van der Waals surface area contributed by atoms with Gasteiger partial charge in [-0.15, -0.1) is 0 Å². The van der Waals surface area contributed by atoms with E-state index in [1.165, 1.54) is 0 Å². The van der Waals surface area contributed by atoms with Gasteiger partial charge < -0.3 is 5.32 Å². The van der Waals surface area contributed by atoms with E-state index in [1.54, 1.807) is 12.4 Å². The highest BCUT2D eigenvalue weighted by molar-refractivity contribution is 9.10. The quantitative estimate of drug-likeness (QED) is 0.854. The van der Waals surface area contributed by atoms with E-state index in [-0.39, 0.29) is 16.8 Å². The van der Waals surface area contributed by atoms with Crippen LogP contribution < -0.4 is 5.32 Å². The third-order valence-electron chi connectivity index (χ3n) is 2.21. The second kappa shape index (κ2) is 5.85. The molecule has 2 unspecified atom stereocenters. The summed E-state index contributed by atoms with van der Waals surface area (Å²) in [6.07, 6.45) is 4.24. The molecule has 0 fully saturated rings. The molecule has 1 aromatic rings. The van der Waals surface area contributed by atoms with Gasteiger partial charge in [-0.1, -0.05) is 22.9 Å². The van der Waals surface area contributed by atoms with Crippen molar-refractivity contribution in [3.63, 3.8) is 0 Å². The van der Waals surface area contributed by atoms with Crippen molar-refractivity contribution in [2.24, 2.45) is 0 Å². The minimum Gasteiger partial charge on any atom is -0.349 e. The van der Waals surface area contributed by atoms with E-state index in [2.05, 4.69) is 26.2 Å². The van der Waals surface area contributed by atoms with Gasteiger partial charge in [0.25, 0.3) is 0 Å². The third kappa shape index (κ3) is 3.63. The molecule has 1 rings (SSSR count). The maximum atomic E-state index is 11.6. The molecule has 1 N–H and O–H groups in total. The monoisotopic (exact) mass is 270 g/mol. The van der Waals surface area contributed by atoms with Gasteiger partial charge in [0.2, 0.25) is 5.91 Å². The summed E-state index contributed by atoms with van der Waals surface area (Å²) in [6, 6.07) is 3.83. The highest BCUT2D eigenvalue weighted by atomic mass is 79.9. The van der Waals surface area contributed by atoms with Gasteiger partial charge in [0, 0.05) is 12.4 Å². The SMILES string of the molecule is CCC(Br)C(=O)NC(C)c1ccncc1. The van der Waals surface area contributed by atoms with E-state index in [0.29, 0.717) is 0 Å².